The number of pyridine rings is 2. The van der Waals surface area contributed by atoms with Crippen molar-refractivity contribution < 1.29 is 0 Å². The van der Waals surface area contributed by atoms with E-state index in [0.717, 1.165) is 42.2 Å². The minimum absolute atomic E-state index is 0.321. The summed E-state index contributed by atoms with van der Waals surface area (Å²) in [5, 5.41) is 0. The lowest BCUT2D eigenvalue weighted by atomic mass is 10.3. The van der Waals surface area contributed by atoms with Crippen LogP contribution in [0.4, 0.5) is 0 Å². The Hall–Kier alpha value is -2.27. The highest BCUT2D eigenvalue weighted by Gasteiger charge is 2.29. The topological polar surface area (TPSA) is 46.8 Å². The fraction of sp³-hybridized carbons (Fsp3) is 0.353. The predicted octanol–water partition coefficient (Wildman–Crippen LogP) is 3.11. The van der Waals surface area contributed by atoms with Gasteiger partial charge >= 0.3 is 0 Å². The van der Waals surface area contributed by atoms with Crippen LogP contribution in [-0.2, 0) is 0 Å². The number of fused-ring (bicyclic) bond motifs is 1. The molecule has 4 heterocycles. The van der Waals surface area contributed by atoms with Crippen molar-refractivity contribution in [3.05, 3.63) is 42.7 Å². The third kappa shape index (κ3) is 2.09. The highest BCUT2D eigenvalue weighted by molar-refractivity contribution is 5.76. The van der Waals surface area contributed by atoms with Gasteiger partial charge in [-0.1, -0.05) is 13.0 Å². The van der Waals surface area contributed by atoms with Gasteiger partial charge < -0.3 is 0 Å². The van der Waals surface area contributed by atoms with Gasteiger partial charge in [0.25, 0.3) is 0 Å². The van der Waals surface area contributed by atoms with Crippen molar-refractivity contribution >= 4 is 11.2 Å². The molecule has 0 N–H and O–H groups in total. The maximum atomic E-state index is 4.81. The third-order valence-electron chi connectivity index (χ3n) is 4.38. The molecule has 3 aromatic rings. The molecule has 22 heavy (non-hydrogen) atoms. The maximum Gasteiger partial charge on any atom is 0.162 e. The Bertz CT molecular complexity index is 780. The van der Waals surface area contributed by atoms with E-state index in [1.165, 1.54) is 6.42 Å². The molecule has 5 nitrogen and oxygen atoms in total. The maximum absolute atomic E-state index is 4.81. The number of likely N-dealkylation sites (tertiary alicyclic amines) is 1. The van der Waals surface area contributed by atoms with Gasteiger partial charge in [-0.3, -0.25) is 14.5 Å². The Labute approximate surface area is 129 Å². The molecule has 1 aliphatic rings. The molecule has 0 aromatic carbocycles. The summed E-state index contributed by atoms with van der Waals surface area (Å²) in [6.45, 7) is 4.39. The molecule has 3 aromatic heterocycles. The van der Waals surface area contributed by atoms with E-state index in [1.807, 2.05) is 42.7 Å². The van der Waals surface area contributed by atoms with Crippen LogP contribution in [0.1, 0.15) is 25.9 Å². The van der Waals surface area contributed by atoms with Gasteiger partial charge in [0, 0.05) is 18.9 Å². The predicted molar refractivity (Wildman–Crippen MR) is 86.3 cm³/mol. The summed E-state index contributed by atoms with van der Waals surface area (Å²) in [5.74, 6) is 0.916. The number of rotatable bonds is 3. The molecule has 0 amide bonds. The number of hydrogen-bond acceptors (Lipinski definition) is 4. The Morgan fingerprint density at radius 1 is 1.14 bits per heavy atom. The fourth-order valence-corrected chi connectivity index (χ4v) is 3.36. The van der Waals surface area contributed by atoms with Crippen LogP contribution in [0.2, 0.25) is 0 Å². The van der Waals surface area contributed by atoms with E-state index in [2.05, 4.69) is 26.4 Å². The standard InChI is InChI=1S/C17H19N5/c1-2-21-12-6-9-15(21)22-16-14(8-5-11-19-16)20-17(22)13-7-3-4-10-18-13/h3-5,7-8,10-11,15H,2,6,9,12H2,1H3. The first kappa shape index (κ1) is 13.4. The van der Waals surface area contributed by atoms with Crippen molar-refractivity contribution in [2.45, 2.75) is 25.9 Å². The van der Waals surface area contributed by atoms with Gasteiger partial charge in [-0.25, -0.2) is 9.97 Å². The number of aromatic nitrogens is 4. The minimum Gasteiger partial charge on any atom is -0.291 e. The summed E-state index contributed by atoms with van der Waals surface area (Å²) in [5.41, 5.74) is 2.79. The summed E-state index contributed by atoms with van der Waals surface area (Å²) < 4.78 is 2.27. The number of hydrogen-bond donors (Lipinski definition) is 0. The molecule has 0 aliphatic carbocycles. The summed E-state index contributed by atoms with van der Waals surface area (Å²) >= 11 is 0. The van der Waals surface area contributed by atoms with Gasteiger partial charge in [0.1, 0.15) is 11.2 Å². The van der Waals surface area contributed by atoms with E-state index < -0.39 is 0 Å². The van der Waals surface area contributed by atoms with Crippen molar-refractivity contribution in [1.29, 1.82) is 0 Å². The highest BCUT2D eigenvalue weighted by Crippen LogP contribution is 2.33. The van der Waals surface area contributed by atoms with Crippen molar-refractivity contribution in [2.24, 2.45) is 0 Å². The first-order valence-electron chi connectivity index (χ1n) is 7.87. The average molecular weight is 293 g/mol. The molecule has 0 bridgehead atoms. The van der Waals surface area contributed by atoms with Crippen LogP contribution < -0.4 is 0 Å². The summed E-state index contributed by atoms with van der Waals surface area (Å²) in [4.78, 5) is 16.4. The SMILES string of the molecule is CCN1CCCC1n1c(-c2ccccn2)nc2cccnc21. The Balaban J connectivity index is 1.94. The van der Waals surface area contributed by atoms with Crippen molar-refractivity contribution in [1.82, 2.24) is 24.4 Å². The highest BCUT2D eigenvalue weighted by atomic mass is 15.3. The normalized spacial score (nSPS) is 19.0. The summed E-state index contributed by atoms with van der Waals surface area (Å²) in [7, 11) is 0. The van der Waals surface area contributed by atoms with E-state index in [-0.39, 0.29) is 0 Å². The quantitative estimate of drug-likeness (QED) is 0.744. The van der Waals surface area contributed by atoms with Gasteiger partial charge in [-0.05, 0) is 43.7 Å². The van der Waals surface area contributed by atoms with Crippen LogP contribution >= 0.6 is 0 Å². The lowest BCUT2D eigenvalue weighted by Gasteiger charge is -2.25. The van der Waals surface area contributed by atoms with E-state index >= 15 is 0 Å². The van der Waals surface area contributed by atoms with Crippen LogP contribution in [0.15, 0.2) is 42.7 Å². The van der Waals surface area contributed by atoms with Gasteiger partial charge in [-0.15, -0.1) is 0 Å². The first-order chi connectivity index (χ1) is 10.9. The zero-order valence-electron chi connectivity index (χ0n) is 12.7. The van der Waals surface area contributed by atoms with Crippen molar-refractivity contribution in [2.75, 3.05) is 13.1 Å². The average Bonchev–Trinajstić information content (AvgIpc) is 3.19. The molecule has 112 valence electrons. The smallest absolute Gasteiger partial charge is 0.162 e. The number of imidazole rings is 1. The van der Waals surface area contributed by atoms with Crippen molar-refractivity contribution in [3.63, 3.8) is 0 Å². The second-order valence-corrected chi connectivity index (χ2v) is 5.62. The molecule has 1 aliphatic heterocycles. The Kier molecular flexibility index (Phi) is 3.35. The molecule has 1 atom stereocenters. The van der Waals surface area contributed by atoms with Gasteiger partial charge in [-0.2, -0.15) is 0 Å². The fourth-order valence-electron chi connectivity index (χ4n) is 3.36. The molecule has 5 heteroatoms. The van der Waals surface area contributed by atoms with Gasteiger partial charge in [0.15, 0.2) is 11.5 Å². The second-order valence-electron chi connectivity index (χ2n) is 5.62. The zero-order chi connectivity index (χ0) is 14.9. The molecule has 1 fully saturated rings. The summed E-state index contributed by atoms with van der Waals surface area (Å²) in [6, 6.07) is 9.92. The largest absolute Gasteiger partial charge is 0.291 e. The third-order valence-corrected chi connectivity index (χ3v) is 4.38. The Morgan fingerprint density at radius 3 is 2.86 bits per heavy atom. The first-order valence-corrected chi connectivity index (χ1v) is 7.87. The molecular formula is C17H19N5. The molecule has 0 radical (unpaired) electrons. The van der Waals surface area contributed by atoms with Crippen LogP contribution in [0.5, 0.6) is 0 Å². The molecular weight excluding hydrogens is 274 g/mol. The molecule has 0 spiro atoms. The van der Waals surface area contributed by atoms with E-state index in [4.69, 9.17) is 4.98 Å². The second kappa shape index (κ2) is 5.50. The molecule has 4 rings (SSSR count). The summed E-state index contributed by atoms with van der Waals surface area (Å²) in [6.07, 6.45) is 6.33. The van der Waals surface area contributed by atoms with E-state index in [1.54, 1.807) is 0 Å². The van der Waals surface area contributed by atoms with E-state index in [9.17, 15) is 0 Å². The van der Waals surface area contributed by atoms with Crippen LogP contribution in [-0.4, -0.2) is 37.5 Å². The molecule has 0 saturated carbocycles. The monoisotopic (exact) mass is 293 g/mol. The molecule has 1 saturated heterocycles. The van der Waals surface area contributed by atoms with Crippen molar-refractivity contribution in [3.8, 4) is 11.5 Å². The molecule has 1 unspecified atom stereocenters. The minimum atomic E-state index is 0.321. The van der Waals surface area contributed by atoms with E-state index in [0.29, 0.717) is 6.17 Å². The van der Waals surface area contributed by atoms with Gasteiger partial charge in [0.2, 0.25) is 0 Å². The van der Waals surface area contributed by atoms with Crippen LogP contribution in [0.3, 0.4) is 0 Å². The van der Waals surface area contributed by atoms with Gasteiger partial charge in [0.05, 0.1) is 6.17 Å². The lowest BCUT2D eigenvalue weighted by molar-refractivity contribution is 0.209. The lowest BCUT2D eigenvalue weighted by Crippen LogP contribution is -2.27. The number of nitrogens with zero attached hydrogens (tertiary/aromatic N) is 5. The zero-order valence-corrected chi connectivity index (χ0v) is 12.7. The van der Waals surface area contributed by atoms with Crippen LogP contribution in [0, 0.1) is 0 Å². The van der Waals surface area contributed by atoms with Crippen LogP contribution in [0.25, 0.3) is 22.7 Å². The Morgan fingerprint density at radius 2 is 2.05 bits per heavy atom.